The topological polar surface area (TPSA) is 26.3 Å². The molecule has 0 aromatic rings. The summed E-state index contributed by atoms with van der Waals surface area (Å²) in [5.74, 6) is 0.341. The lowest BCUT2D eigenvalue weighted by atomic mass is 9.83. The molecule has 0 aromatic heterocycles. The van der Waals surface area contributed by atoms with Gasteiger partial charge < -0.3 is 4.74 Å². The number of carbonyl (C=O) groups is 1. The first-order chi connectivity index (χ1) is 8.29. The van der Waals surface area contributed by atoms with Gasteiger partial charge in [-0.15, -0.1) is 0 Å². The third kappa shape index (κ3) is 5.38. The van der Waals surface area contributed by atoms with Crippen LogP contribution in [0.5, 0.6) is 0 Å². The highest BCUT2D eigenvalue weighted by molar-refractivity contribution is 6.76. The van der Waals surface area contributed by atoms with Crippen molar-refractivity contribution in [2.75, 3.05) is 0 Å². The van der Waals surface area contributed by atoms with E-state index in [1.165, 1.54) is 39.0 Å². The van der Waals surface area contributed by atoms with E-state index in [-0.39, 0.29) is 12.1 Å². The highest BCUT2D eigenvalue weighted by atomic mass is 28.3. The van der Waals surface area contributed by atoms with Crippen LogP contribution in [0.3, 0.4) is 0 Å². The Morgan fingerprint density at radius 1 is 1.28 bits per heavy atom. The molecule has 0 saturated heterocycles. The van der Waals surface area contributed by atoms with Crippen molar-refractivity contribution in [2.45, 2.75) is 70.8 Å². The molecule has 0 aromatic carbocycles. The Morgan fingerprint density at radius 2 is 1.83 bits per heavy atom. The monoisotopic (exact) mass is 268 g/mol. The Bertz CT molecular complexity index is 298. The smallest absolute Gasteiger partial charge is 0.303 e. The molecule has 1 saturated carbocycles. The Labute approximate surface area is 113 Å². The molecule has 0 aliphatic heterocycles. The zero-order chi connectivity index (χ0) is 13.8. The quantitative estimate of drug-likeness (QED) is 0.420. The molecule has 1 aliphatic rings. The Hall–Kier alpha value is -0.573. The molecule has 3 heteroatoms. The van der Waals surface area contributed by atoms with Crippen LogP contribution in [0, 0.1) is 5.92 Å². The molecule has 0 N–H and O–H groups in total. The van der Waals surface area contributed by atoms with E-state index >= 15 is 0 Å². The van der Waals surface area contributed by atoms with Crippen molar-refractivity contribution >= 4 is 14.0 Å². The van der Waals surface area contributed by atoms with Gasteiger partial charge in [0, 0.05) is 15.0 Å². The van der Waals surface area contributed by atoms with Crippen LogP contribution in [-0.2, 0) is 9.53 Å². The second-order valence-electron chi connectivity index (χ2n) is 6.82. The van der Waals surface area contributed by atoms with Gasteiger partial charge in [0.25, 0.3) is 0 Å². The number of hydrogen-bond acceptors (Lipinski definition) is 2. The maximum atomic E-state index is 11.3. The number of rotatable bonds is 5. The molecule has 104 valence electrons. The lowest BCUT2D eigenvalue weighted by molar-refractivity contribution is -0.147. The van der Waals surface area contributed by atoms with Crippen LogP contribution >= 0.6 is 0 Å². The van der Waals surface area contributed by atoms with Gasteiger partial charge in [-0.1, -0.05) is 45.5 Å². The van der Waals surface area contributed by atoms with Crippen LogP contribution in [0.25, 0.3) is 0 Å². The number of esters is 1. The SMILES string of the molecule is C=C(C[Si](C)(C)C)[C@@H](OC(C)=O)C1CCCCC1. The second kappa shape index (κ2) is 6.55. The minimum absolute atomic E-state index is 0.0328. The summed E-state index contributed by atoms with van der Waals surface area (Å²) in [6, 6.07) is 1.06. The Balaban J connectivity index is 2.70. The molecule has 0 unspecified atom stereocenters. The van der Waals surface area contributed by atoms with E-state index < -0.39 is 8.07 Å². The zero-order valence-corrected chi connectivity index (χ0v) is 13.4. The number of ether oxygens (including phenoxy) is 1. The van der Waals surface area contributed by atoms with Crippen LogP contribution in [-0.4, -0.2) is 20.1 Å². The van der Waals surface area contributed by atoms with Crippen LogP contribution in [0.1, 0.15) is 39.0 Å². The van der Waals surface area contributed by atoms with E-state index in [0.717, 1.165) is 11.6 Å². The van der Waals surface area contributed by atoms with E-state index in [0.29, 0.717) is 5.92 Å². The molecule has 0 heterocycles. The molecule has 1 atom stereocenters. The van der Waals surface area contributed by atoms with Crippen molar-refractivity contribution in [1.82, 2.24) is 0 Å². The fourth-order valence-electron chi connectivity index (χ4n) is 2.91. The molecule has 1 rings (SSSR count). The minimum atomic E-state index is -1.19. The van der Waals surface area contributed by atoms with Gasteiger partial charge in [-0.05, 0) is 30.4 Å². The van der Waals surface area contributed by atoms with E-state index in [4.69, 9.17) is 4.74 Å². The molecule has 0 amide bonds. The van der Waals surface area contributed by atoms with Gasteiger partial charge in [0.05, 0.1) is 0 Å². The van der Waals surface area contributed by atoms with Crippen molar-refractivity contribution < 1.29 is 9.53 Å². The highest BCUT2D eigenvalue weighted by Crippen LogP contribution is 2.33. The maximum Gasteiger partial charge on any atom is 0.303 e. The summed E-state index contributed by atoms with van der Waals surface area (Å²) in [4.78, 5) is 11.3. The maximum absolute atomic E-state index is 11.3. The van der Waals surface area contributed by atoms with E-state index in [1.54, 1.807) is 0 Å². The average Bonchev–Trinajstić information content (AvgIpc) is 2.24. The summed E-state index contributed by atoms with van der Waals surface area (Å²) >= 11 is 0. The Kier molecular flexibility index (Phi) is 5.64. The molecule has 2 nitrogen and oxygen atoms in total. The summed E-state index contributed by atoms with van der Waals surface area (Å²) in [7, 11) is -1.19. The van der Waals surface area contributed by atoms with Crippen molar-refractivity contribution in [3.05, 3.63) is 12.2 Å². The van der Waals surface area contributed by atoms with E-state index in [9.17, 15) is 4.79 Å². The first-order valence-corrected chi connectivity index (χ1v) is 10.9. The normalized spacial score (nSPS) is 19.3. The van der Waals surface area contributed by atoms with E-state index in [2.05, 4.69) is 26.2 Å². The van der Waals surface area contributed by atoms with Crippen molar-refractivity contribution in [2.24, 2.45) is 5.92 Å². The predicted molar refractivity (Wildman–Crippen MR) is 79.4 cm³/mol. The molecule has 0 spiro atoms. The number of hydrogen-bond donors (Lipinski definition) is 0. The molecule has 18 heavy (non-hydrogen) atoms. The fourth-order valence-corrected chi connectivity index (χ4v) is 4.47. The predicted octanol–water partition coefficient (Wildman–Crippen LogP) is 4.39. The third-order valence-electron chi connectivity index (χ3n) is 3.53. The highest BCUT2D eigenvalue weighted by Gasteiger charge is 2.30. The van der Waals surface area contributed by atoms with Crippen LogP contribution in [0.15, 0.2) is 12.2 Å². The Morgan fingerprint density at radius 3 is 2.28 bits per heavy atom. The molecular formula is C15H28O2Si. The third-order valence-corrected chi connectivity index (χ3v) is 5.05. The summed E-state index contributed by atoms with van der Waals surface area (Å²) in [5.41, 5.74) is 1.15. The first kappa shape index (κ1) is 15.5. The molecule has 1 fully saturated rings. The van der Waals surface area contributed by atoms with Gasteiger partial charge in [0.15, 0.2) is 0 Å². The summed E-state index contributed by atoms with van der Waals surface area (Å²) in [5, 5.41) is 0. The zero-order valence-electron chi connectivity index (χ0n) is 12.4. The molecule has 0 radical (unpaired) electrons. The lowest BCUT2D eigenvalue weighted by Gasteiger charge is -2.33. The number of carbonyl (C=O) groups excluding carboxylic acids is 1. The second-order valence-corrected chi connectivity index (χ2v) is 12.3. The largest absolute Gasteiger partial charge is 0.458 e. The van der Waals surface area contributed by atoms with Crippen LogP contribution < -0.4 is 0 Å². The van der Waals surface area contributed by atoms with E-state index in [1.807, 2.05) is 0 Å². The summed E-state index contributed by atoms with van der Waals surface area (Å²) in [6.07, 6.45) is 6.19. The first-order valence-electron chi connectivity index (χ1n) is 7.14. The van der Waals surface area contributed by atoms with Gasteiger partial charge >= 0.3 is 5.97 Å². The molecule has 1 aliphatic carbocycles. The fraction of sp³-hybridized carbons (Fsp3) is 0.800. The van der Waals surface area contributed by atoms with Gasteiger partial charge in [-0.2, -0.15) is 0 Å². The van der Waals surface area contributed by atoms with Crippen LogP contribution in [0.4, 0.5) is 0 Å². The minimum Gasteiger partial charge on any atom is -0.458 e. The summed E-state index contributed by atoms with van der Waals surface area (Å²) in [6.45, 7) is 12.7. The van der Waals surface area contributed by atoms with Crippen molar-refractivity contribution in [3.8, 4) is 0 Å². The standard InChI is InChI=1S/C15H28O2Si/c1-12(11-18(3,4)5)15(17-13(2)16)14-9-7-6-8-10-14/h14-15H,1,6-11H2,2-5H3/t15-/m1/s1. The molecule has 0 bridgehead atoms. The van der Waals surface area contributed by atoms with Gasteiger partial charge in [0.2, 0.25) is 0 Å². The van der Waals surface area contributed by atoms with Gasteiger partial charge in [-0.25, -0.2) is 0 Å². The molecular weight excluding hydrogens is 240 g/mol. The average molecular weight is 268 g/mol. The van der Waals surface area contributed by atoms with Crippen molar-refractivity contribution in [1.29, 1.82) is 0 Å². The van der Waals surface area contributed by atoms with Gasteiger partial charge in [0.1, 0.15) is 6.10 Å². The summed E-state index contributed by atoms with van der Waals surface area (Å²) < 4.78 is 5.58. The van der Waals surface area contributed by atoms with Crippen molar-refractivity contribution in [3.63, 3.8) is 0 Å². The van der Waals surface area contributed by atoms with Gasteiger partial charge in [-0.3, -0.25) is 4.79 Å². The van der Waals surface area contributed by atoms with Crippen LogP contribution in [0.2, 0.25) is 25.7 Å². The lowest BCUT2D eigenvalue weighted by Crippen LogP contribution is -2.33.